The zero-order valence-electron chi connectivity index (χ0n) is 9.04. The second-order valence-electron chi connectivity index (χ2n) is 4.03. The fourth-order valence-electron chi connectivity index (χ4n) is 1.71. The van der Waals surface area contributed by atoms with E-state index < -0.39 is 5.60 Å². The van der Waals surface area contributed by atoms with Gasteiger partial charge < -0.3 is 14.7 Å². The summed E-state index contributed by atoms with van der Waals surface area (Å²) in [5, 5.41) is 10.8. The number of rotatable bonds is 4. The van der Waals surface area contributed by atoms with E-state index >= 15 is 0 Å². The predicted octanol–water partition coefficient (Wildman–Crippen LogP) is 0.771. The molecule has 1 aliphatic rings. The first-order valence-electron chi connectivity index (χ1n) is 5.17. The minimum atomic E-state index is -0.755. The lowest BCUT2D eigenvalue weighted by Gasteiger charge is -2.35. The van der Waals surface area contributed by atoms with Gasteiger partial charge in [0, 0.05) is 51.4 Å². The number of hydrogen-bond donors (Lipinski definition) is 1. The Labute approximate surface area is 98.7 Å². The quantitative estimate of drug-likeness (QED) is 0.774. The summed E-state index contributed by atoms with van der Waals surface area (Å²) in [5.41, 5.74) is -0.755. The van der Waals surface area contributed by atoms with Crippen molar-refractivity contribution in [2.75, 3.05) is 32.1 Å². The van der Waals surface area contributed by atoms with Crippen LogP contribution in [0.25, 0.3) is 0 Å². The smallest absolute Gasteiger partial charge is 0.223 e. The van der Waals surface area contributed by atoms with E-state index in [9.17, 15) is 9.90 Å². The minimum absolute atomic E-state index is 0.0618. The topological polar surface area (TPSA) is 49.8 Å². The van der Waals surface area contributed by atoms with Crippen molar-refractivity contribution in [3.05, 3.63) is 0 Å². The fourth-order valence-corrected chi connectivity index (χ4v) is 2.05. The van der Waals surface area contributed by atoms with E-state index in [1.54, 1.807) is 11.9 Å². The standard InChI is InChI=1S/C10H18BrNO3/c1-12(9(13)2-5-11)8-10(14)3-6-15-7-4-10/h14H,2-8H2,1H3. The molecule has 0 spiro atoms. The highest BCUT2D eigenvalue weighted by atomic mass is 79.9. The van der Waals surface area contributed by atoms with Crippen molar-refractivity contribution in [1.82, 2.24) is 4.90 Å². The Morgan fingerprint density at radius 1 is 1.53 bits per heavy atom. The van der Waals surface area contributed by atoms with Crippen molar-refractivity contribution in [2.45, 2.75) is 24.9 Å². The molecule has 0 aliphatic carbocycles. The first-order valence-corrected chi connectivity index (χ1v) is 6.30. The van der Waals surface area contributed by atoms with Crippen molar-refractivity contribution in [2.24, 2.45) is 0 Å². The number of hydrogen-bond acceptors (Lipinski definition) is 3. The fraction of sp³-hybridized carbons (Fsp3) is 0.900. The van der Waals surface area contributed by atoms with Crippen LogP contribution in [0, 0.1) is 0 Å². The number of ether oxygens (including phenoxy) is 1. The summed E-state index contributed by atoms with van der Waals surface area (Å²) in [5.74, 6) is 0.0618. The molecule has 4 nitrogen and oxygen atoms in total. The number of halogens is 1. The van der Waals surface area contributed by atoms with E-state index in [0.29, 0.717) is 44.4 Å². The molecule has 0 saturated carbocycles. The molecule has 15 heavy (non-hydrogen) atoms. The van der Waals surface area contributed by atoms with Gasteiger partial charge >= 0.3 is 0 Å². The van der Waals surface area contributed by atoms with Crippen LogP contribution in [0.2, 0.25) is 0 Å². The highest BCUT2D eigenvalue weighted by molar-refractivity contribution is 9.09. The van der Waals surface area contributed by atoms with Gasteiger partial charge in [-0.2, -0.15) is 0 Å². The monoisotopic (exact) mass is 279 g/mol. The van der Waals surface area contributed by atoms with Crippen molar-refractivity contribution < 1.29 is 14.6 Å². The molecule has 1 aliphatic heterocycles. The van der Waals surface area contributed by atoms with E-state index in [2.05, 4.69) is 15.9 Å². The van der Waals surface area contributed by atoms with Crippen LogP contribution >= 0.6 is 15.9 Å². The Morgan fingerprint density at radius 2 is 2.13 bits per heavy atom. The van der Waals surface area contributed by atoms with E-state index in [-0.39, 0.29) is 5.91 Å². The highest BCUT2D eigenvalue weighted by Crippen LogP contribution is 2.21. The van der Waals surface area contributed by atoms with Gasteiger partial charge in [0.1, 0.15) is 0 Å². The number of aliphatic hydroxyl groups is 1. The van der Waals surface area contributed by atoms with Gasteiger partial charge in [-0.05, 0) is 0 Å². The maximum atomic E-state index is 11.5. The van der Waals surface area contributed by atoms with E-state index in [0.717, 1.165) is 0 Å². The average molecular weight is 280 g/mol. The van der Waals surface area contributed by atoms with Crippen molar-refractivity contribution in [3.63, 3.8) is 0 Å². The molecule has 0 bridgehead atoms. The average Bonchev–Trinajstić information content (AvgIpc) is 2.18. The van der Waals surface area contributed by atoms with Gasteiger partial charge in [-0.25, -0.2) is 0 Å². The molecular weight excluding hydrogens is 262 g/mol. The van der Waals surface area contributed by atoms with Crippen LogP contribution in [-0.4, -0.2) is 53.7 Å². The number of amides is 1. The summed E-state index contributed by atoms with van der Waals surface area (Å²) in [6.45, 7) is 1.57. The molecule has 0 radical (unpaired) electrons. The Kier molecular flexibility index (Phi) is 5.02. The normalized spacial score (nSPS) is 19.9. The van der Waals surface area contributed by atoms with Crippen LogP contribution in [-0.2, 0) is 9.53 Å². The molecule has 0 aromatic rings. The SMILES string of the molecule is CN(CC1(O)CCOCC1)C(=O)CCBr. The summed E-state index contributed by atoms with van der Waals surface area (Å²) in [6, 6.07) is 0. The summed E-state index contributed by atoms with van der Waals surface area (Å²) in [4.78, 5) is 13.1. The van der Waals surface area contributed by atoms with Gasteiger partial charge in [0.2, 0.25) is 5.91 Å². The Bertz CT molecular complexity index is 217. The second kappa shape index (κ2) is 5.82. The van der Waals surface area contributed by atoms with Crippen molar-refractivity contribution >= 4 is 21.8 Å². The van der Waals surface area contributed by atoms with E-state index in [1.807, 2.05) is 0 Å². The lowest BCUT2D eigenvalue weighted by atomic mass is 9.94. The Morgan fingerprint density at radius 3 is 2.67 bits per heavy atom. The van der Waals surface area contributed by atoms with Gasteiger partial charge in [-0.15, -0.1) is 0 Å². The number of alkyl halides is 1. The van der Waals surface area contributed by atoms with E-state index in [4.69, 9.17) is 4.74 Å². The van der Waals surface area contributed by atoms with Crippen LogP contribution in [0.4, 0.5) is 0 Å². The molecule has 1 N–H and O–H groups in total. The lowest BCUT2D eigenvalue weighted by Crippen LogP contribution is -2.47. The molecule has 1 rings (SSSR count). The second-order valence-corrected chi connectivity index (χ2v) is 4.82. The third kappa shape index (κ3) is 4.09. The summed E-state index contributed by atoms with van der Waals surface area (Å²) >= 11 is 3.23. The molecule has 0 aromatic heterocycles. The maximum Gasteiger partial charge on any atom is 0.223 e. The van der Waals surface area contributed by atoms with Crippen LogP contribution in [0.1, 0.15) is 19.3 Å². The molecule has 0 unspecified atom stereocenters. The van der Waals surface area contributed by atoms with Gasteiger partial charge in [0.25, 0.3) is 0 Å². The summed E-state index contributed by atoms with van der Waals surface area (Å²) < 4.78 is 5.18. The number of carbonyl (C=O) groups is 1. The molecule has 5 heteroatoms. The van der Waals surface area contributed by atoms with Gasteiger partial charge in [-0.1, -0.05) is 15.9 Å². The van der Waals surface area contributed by atoms with Crippen LogP contribution < -0.4 is 0 Å². The lowest BCUT2D eigenvalue weighted by molar-refractivity contribution is -0.136. The first-order chi connectivity index (χ1) is 7.07. The van der Waals surface area contributed by atoms with Gasteiger partial charge in [-0.3, -0.25) is 4.79 Å². The van der Waals surface area contributed by atoms with E-state index in [1.165, 1.54) is 0 Å². The minimum Gasteiger partial charge on any atom is -0.388 e. The zero-order valence-corrected chi connectivity index (χ0v) is 10.6. The third-order valence-electron chi connectivity index (χ3n) is 2.69. The predicted molar refractivity (Wildman–Crippen MR) is 61.1 cm³/mol. The largest absolute Gasteiger partial charge is 0.388 e. The Hall–Kier alpha value is -0.130. The summed E-state index contributed by atoms with van der Waals surface area (Å²) in [7, 11) is 1.73. The molecule has 0 aromatic carbocycles. The number of likely N-dealkylation sites (N-methyl/N-ethyl adjacent to an activating group) is 1. The molecular formula is C10H18BrNO3. The molecule has 1 saturated heterocycles. The first kappa shape index (κ1) is 12.9. The summed E-state index contributed by atoms with van der Waals surface area (Å²) in [6.07, 6.45) is 1.70. The molecule has 1 amide bonds. The maximum absolute atomic E-state index is 11.5. The Balaban J connectivity index is 2.41. The van der Waals surface area contributed by atoms with Gasteiger partial charge in [0.05, 0.1) is 5.60 Å². The zero-order chi connectivity index (χ0) is 11.3. The van der Waals surface area contributed by atoms with Crippen molar-refractivity contribution in [3.8, 4) is 0 Å². The van der Waals surface area contributed by atoms with Crippen LogP contribution in [0.15, 0.2) is 0 Å². The molecule has 88 valence electrons. The molecule has 1 heterocycles. The molecule has 0 atom stereocenters. The van der Waals surface area contributed by atoms with Gasteiger partial charge in [0.15, 0.2) is 0 Å². The highest BCUT2D eigenvalue weighted by Gasteiger charge is 2.32. The van der Waals surface area contributed by atoms with Crippen LogP contribution in [0.3, 0.4) is 0 Å². The number of carbonyl (C=O) groups excluding carboxylic acids is 1. The van der Waals surface area contributed by atoms with Crippen molar-refractivity contribution in [1.29, 1.82) is 0 Å². The van der Waals surface area contributed by atoms with Crippen LogP contribution in [0.5, 0.6) is 0 Å². The number of nitrogens with zero attached hydrogens (tertiary/aromatic N) is 1. The third-order valence-corrected chi connectivity index (χ3v) is 3.09. The molecule has 1 fully saturated rings.